The normalized spacial score (nSPS) is 11.6. The van der Waals surface area contributed by atoms with E-state index in [1.54, 1.807) is 30.0 Å². The summed E-state index contributed by atoms with van der Waals surface area (Å²) < 4.78 is 6.33. The fraction of sp³-hybridized carbons (Fsp3) is 0.0714. The van der Waals surface area contributed by atoms with Crippen LogP contribution in [-0.4, -0.2) is 9.97 Å². The van der Waals surface area contributed by atoms with Crippen LogP contribution in [0.4, 0.5) is 5.69 Å². The van der Waals surface area contributed by atoms with E-state index >= 15 is 0 Å². The summed E-state index contributed by atoms with van der Waals surface area (Å²) in [5.41, 5.74) is 6.44. The fourth-order valence-electron chi connectivity index (χ4n) is 3.94. The number of thiazole rings is 1. The maximum Gasteiger partial charge on any atom is 0.205 e. The van der Waals surface area contributed by atoms with Crippen LogP contribution >= 0.6 is 11.3 Å². The summed E-state index contributed by atoms with van der Waals surface area (Å²) in [6.07, 6.45) is 2.99. The lowest BCUT2D eigenvalue weighted by Crippen LogP contribution is -2.06. The maximum atomic E-state index is 9.84. The number of aromatic nitrogens is 2. The van der Waals surface area contributed by atoms with Crippen molar-refractivity contribution >= 4 is 27.8 Å². The van der Waals surface area contributed by atoms with E-state index in [0.717, 1.165) is 38.0 Å². The Hall–Kier alpha value is -4.36. The van der Waals surface area contributed by atoms with Crippen LogP contribution in [0.3, 0.4) is 0 Å². The van der Waals surface area contributed by atoms with E-state index in [-0.39, 0.29) is 12.7 Å². The van der Waals surface area contributed by atoms with Gasteiger partial charge in [-0.2, -0.15) is 5.26 Å². The Labute approximate surface area is 201 Å². The van der Waals surface area contributed by atoms with Gasteiger partial charge in [0.1, 0.15) is 6.10 Å². The molecule has 162 valence electrons. The Bertz CT molecular complexity index is 1520. The molecule has 3 aromatic carbocycles. The molecule has 0 fully saturated rings. The zero-order chi connectivity index (χ0) is 23.3. The van der Waals surface area contributed by atoms with E-state index in [2.05, 4.69) is 39.1 Å². The summed E-state index contributed by atoms with van der Waals surface area (Å²) in [6.45, 7) is 7.37. The second-order valence-corrected chi connectivity index (χ2v) is 8.58. The van der Waals surface area contributed by atoms with Gasteiger partial charge in [-0.15, -0.1) is 11.3 Å². The second-order valence-electron chi connectivity index (χ2n) is 7.66. The molecule has 0 saturated heterocycles. The minimum absolute atomic E-state index is 0.282. The maximum absolute atomic E-state index is 9.84. The molecule has 0 aliphatic carbocycles. The van der Waals surface area contributed by atoms with Crippen molar-refractivity contribution in [1.82, 2.24) is 9.97 Å². The molecule has 0 bridgehead atoms. The first-order chi connectivity index (χ1) is 16.8. The first-order valence-electron chi connectivity index (χ1n) is 10.6. The molecule has 6 heteroatoms. The number of benzene rings is 3. The molecule has 34 heavy (non-hydrogen) atoms. The van der Waals surface area contributed by atoms with Gasteiger partial charge in [0.15, 0.2) is 0 Å². The summed E-state index contributed by atoms with van der Waals surface area (Å²) in [5, 5.41) is 12.1. The van der Waals surface area contributed by atoms with E-state index in [1.165, 1.54) is 11.3 Å². The molecule has 0 saturated carbocycles. The van der Waals surface area contributed by atoms with Crippen LogP contribution < -0.4 is 0 Å². The number of hydrogen-bond acceptors (Lipinski definition) is 5. The van der Waals surface area contributed by atoms with Gasteiger partial charge in [0, 0.05) is 18.0 Å². The molecule has 0 aliphatic heterocycles. The second kappa shape index (κ2) is 9.64. The molecule has 5 rings (SSSR count). The molecule has 0 radical (unpaired) electrons. The van der Waals surface area contributed by atoms with Crippen molar-refractivity contribution in [3.05, 3.63) is 124 Å². The fourth-order valence-corrected chi connectivity index (χ4v) is 4.63. The lowest BCUT2D eigenvalue weighted by Gasteiger charge is -2.19. The molecule has 2 heterocycles. The zero-order valence-corrected chi connectivity index (χ0v) is 18.9. The number of nitriles is 1. The number of hydrogen-bond donors (Lipinski definition) is 0. The molecule has 1 atom stereocenters. The minimum atomic E-state index is -0.365. The van der Waals surface area contributed by atoms with Crippen LogP contribution in [0.5, 0.6) is 0 Å². The third-order valence-corrected chi connectivity index (χ3v) is 6.41. The van der Waals surface area contributed by atoms with Crippen LogP contribution in [0.15, 0.2) is 90.7 Å². The summed E-state index contributed by atoms with van der Waals surface area (Å²) in [5.74, 6) is 0. The van der Waals surface area contributed by atoms with Crippen LogP contribution in [0.1, 0.15) is 27.8 Å². The summed E-state index contributed by atoms with van der Waals surface area (Å²) in [4.78, 5) is 12.9. The molecule has 5 nitrogen and oxygen atoms in total. The highest BCUT2D eigenvalue weighted by Gasteiger charge is 2.20. The Morgan fingerprint density at radius 2 is 1.88 bits per heavy atom. The molecule has 5 aromatic rings. The quantitative estimate of drug-likeness (QED) is 0.255. The summed E-state index contributed by atoms with van der Waals surface area (Å²) in [6, 6.07) is 26.0. The average Bonchev–Trinajstić information content (AvgIpc) is 3.43. The monoisotopic (exact) mass is 458 g/mol. The van der Waals surface area contributed by atoms with E-state index in [4.69, 9.17) is 11.3 Å². The van der Waals surface area contributed by atoms with E-state index in [9.17, 15) is 5.26 Å². The van der Waals surface area contributed by atoms with Crippen molar-refractivity contribution in [2.75, 3.05) is 0 Å². The number of rotatable bonds is 6. The van der Waals surface area contributed by atoms with Crippen LogP contribution in [0.2, 0.25) is 0 Å². The van der Waals surface area contributed by atoms with Gasteiger partial charge in [-0.3, -0.25) is 9.97 Å². The van der Waals surface area contributed by atoms with Crippen molar-refractivity contribution in [3.8, 4) is 17.2 Å². The molecule has 0 amide bonds. The van der Waals surface area contributed by atoms with E-state index in [0.29, 0.717) is 11.3 Å². The smallest absolute Gasteiger partial charge is 0.205 e. The number of ether oxygens (including phenoxy) is 1. The predicted octanol–water partition coefficient (Wildman–Crippen LogP) is 7.09. The van der Waals surface area contributed by atoms with Crippen LogP contribution in [0.25, 0.3) is 26.7 Å². The lowest BCUT2D eigenvalue weighted by atomic mass is 9.92. The Kier molecular flexibility index (Phi) is 6.09. The van der Waals surface area contributed by atoms with Gasteiger partial charge in [0.2, 0.25) is 5.69 Å². The van der Waals surface area contributed by atoms with Gasteiger partial charge >= 0.3 is 0 Å². The van der Waals surface area contributed by atoms with Crippen LogP contribution in [-0.2, 0) is 11.3 Å². The van der Waals surface area contributed by atoms with Crippen molar-refractivity contribution in [1.29, 1.82) is 5.26 Å². The number of fused-ring (bicyclic) bond motifs is 1. The van der Waals surface area contributed by atoms with Crippen molar-refractivity contribution < 1.29 is 4.74 Å². The average molecular weight is 459 g/mol. The van der Waals surface area contributed by atoms with Crippen molar-refractivity contribution in [2.45, 2.75) is 12.7 Å². The minimum Gasteiger partial charge on any atom is -0.362 e. The predicted molar refractivity (Wildman–Crippen MR) is 133 cm³/mol. The molecular formula is C28H18N4OS. The molecule has 1 unspecified atom stereocenters. The highest BCUT2D eigenvalue weighted by atomic mass is 32.1. The lowest BCUT2D eigenvalue weighted by molar-refractivity contribution is 0.0667. The molecule has 2 aromatic heterocycles. The largest absolute Gasteiger partial charge is 0.362 e. The van der Waals surface area contributed by atoms with Gasteiger partial charge in [0.05, 0.1) is 40.9 Å². The van der Waals surface area contributed by atoms with Gasteiger partial charge in [0.25, 0.3) is 0 Å². The highest BCUT2D eigenvalue weighted by Crippen LogP contribution is 2.36. The Morgan fingerprint density at radius 1 is 1.00 bits per heavy atom. The van der Waals surface area contributed by atoms with Gasteiger partial charge in [-0.05, 0) is 40.1 Å². The molecule has 0 spiro atoms. The van der Waals surface area contributed by atoms with Crippen molar-refractivity contribution in [3.63, 3.8) is 0 Å². The Morgan fingerprint density at radius 3 is 2.65 bits per heavy atom. The summed E-state index contributed by atoms with van der Waals surface area (Å²) >= 11 is 1.52. The molecule has 0 aliphatic rings. The zero-order valence-electron chi connectivity index (χ0n) is 18.1. The van der Waals surface area contributed by atoms with Gasteiger partial charge in [-0.25, -0.2) is 4.85 Å². The standard InChI is InChI=1S/C28H18N4OS/c1-30-22-11-12-23(32-15-22)17-33-28(27-16-31-18-34-27)20-9-10-21(14-29)26(13-20)25-8-4-6-19-5-2-3-7-24(19)25/h2-13,15-16,18,28H,17H2. The third kappa shape index (κ3) is 4.29. The van der Waals surface area contributed by atoms with Crippen LogP contribution in [0, 0.1) is 17.9 Å². The summed E-state index contributed by atoms with van der Waals surface area (Å²) in [7, 11) is 0. The molecular weight excluding hydrogens is 440 g/mol. The topological polar surface area (TPSA) is 63.2 Å². The van der Waals surface area contributed by atoms with Gasteiger partial charge < -0.3 is 4.74 Å². The first kappa shape index (κ1) is 21.5. The third-order valence-electron chi connectivity index (χ3n) is 5.59. The van der Waals surface area contributed by atoms with Crippen molar-refractivity contribution in [2.24, 2.45) is 0 Å². The van der Waals surface area contributed by atoms with E-state index in [1.807, 2.05) is 42.5 Å². The first-order valence-corrected chi connectivity index (χ1v) is 11.5. The van der Waals surface area contributed by atoms with E-state index < -0.39 is 0 Å². The SMILES string of the molecule is [C-]#[N+]c1ccc(COC(c2ccc(C#N)c(-c3cccc4ccccc34)c2)c2cncs2)nc1. The number of nitrogens with zero attached hydrogens (tertiary/aromatic N) is 4. The molecule has 0 N–H and O–H groups in total. The highest BCUT2D eigenvalue weighted by molar-refractivity contribution is 7.09. The number of pyridine rings is 1. The Balaban J connectivity index is 1.55. The van der Waals surface area contributed by atoms with Gasteiger partial charge in [-0.1, -0.05) is 54.6 Å².